The number of hydrogen-bond acceptors (Lipinski definition) is 3. The number of carbonyl (C=O) groups excluding carboxylic acids is 1. The van der Waals surface area contributed by atoms with Crippen molar-refractivity contribution in [1.82, 2.24) is 4.90 Å². The zero-order chi connectivity index (χ0) is 28.8. The molecule has 3 aliphatic heterocycles. The first-order chi connectivity index (χ1) is 18.8. The van der Waals surface area contributed by atoms with E-state index in [4.69, 9.17) is 9.47 Å². The van der Waals surface area contributed by atoms with Crippen LogP contribution in [0.4, 0.5) is 30.7 Å². The van der Waals surface area contributed by atoms with Crippen LogP contribution in [0.2, 0.25) is 0 Å². The molecule has 11 heteroatoms. The number of amides is 1. The lowest BCUT2D eigenvalue weighted by molar-refractivity contribution is -0.143. The minimum Gasteiger partial charge on any atom is -0.381 e. The van der Waals surface area contributed by atoms with Crippen molar-refractivity contribution in [3.63, 3.8) is 0 Å². The lowest BCUT2D eigenvalue weighted by Crippen LogP contribution is -2.46. The average molecular weight is 574 g/mol. The Labute approximate surface area is 227 Å². The monoisotopic (exact) mass is 573 g/mol. The van der Waals surface area contributed by atoms with Crippen LogP contribution in [0, 0.1) is 17.7 Å². The predicted octanol–water partition coefficient (Wildman–Crippen LogP) is 7.14. The molecule has 0 bridgehead atoms. The summed E-state index contributed by atoms with van der Waals surface area (Å²) in [5, 5.41) is 0. The van der Waals surface area contributed by atoms with Crippen molar-refractivity contribution in [3.8, 4) is 0 Å². The van der Waals surface area contributed by atoms with E-state index in [0.29, 0.717) is 49.7 Å². The van der Waals surface area contributed by atoms with Gasteiger partial charge in [-0.1, -0.05) is 12.1 Å². The number of rotatable bonds is 5. The van der Waals surface area contributed by atoms with E-state index < -0.39 is 47.4 Å². The molecule has 0 radical (unpaired) electrons. The van der Waals surface area contributed by atoms with E-state index >= 15 is 0 Å². The standard InChI is InChI=1S/C29H30F7NO3/c1-16(19-10-21(28(31,32)33)14-22(11-19)29(34,35)36)40-25-15-37-24(27(25)18-2-4-23(30)5-3-18)12-20(13-26(37)38)17-6-8-39-9-7-17/h2-5,10-11,14,16-17,20,24-25,27H,6-9,12-13,15H2,1H3/t16-,20?,24?,25?,27+/m1/s1. The number of benzene rings is 2. The lowest BCUT2D eigenvalue weighted by atomic mass is 9.74. The minimum absolute atomic E-state index is 0.0583. The summed E-state index contributed by atoms with van der Waals surface area (Å²) >= 11 is 0. The quantitative estimate of drug-likeness (QED) is 0.357. The van der Waals surface area contributed by atoms with E-state index in [-0.39, 0.29) is 36.0 Å². The van der Waals surface area contributed by atoms with Crippen LogP contribution < -0.4 is 0 Å². The molecule has 2 aromatic carbocycles. The molecule has 5 rings (SSSR count). The molecule has 0 N–H and O–H groups in total. The summed E-state index contributed by atoms with van der Waals surface area (Å²) < 4.78 is 106. The van der Waals surface area contributed by atoms with Crippen LogP contribution in [0.5, 0.6) is 0 Å². The van der Waals surface area contributed by atoms with Crippen molar-refractivity contribution in [3.05, 3.63) is 70.5 Å². The molecule has 2 aromatic rings. The molecule has 218 valence electrons. The van der Waals surface area contributed by atoms with Crippen molar-refractivity contribution in [1.29, 1.82) is 0 Å². The predicted molar refractivity (Wildman–Crippen MR) is 131 cm³/mol. The van der Waals surface area contributed by atoms with E-state index in [2.05, 4.69) is 0 Å². The van der Waals surface area contributed by atoms with Crippen LogP contribution in [0.1, 0.15) is 66.9 Å². The van der Waals surface area contributed by atoms with Crippen LogP contribution in [-0.4, -0.2) is 42.7 Å². The fourth-order valence-electron chi connectivity index (χ4n) is 6.53. The van der Waals surface area contributed by atoms with E-state index in [0.717, 1.165) is 12.8 Å². The number of hydrogen-bond donors (Lipinski definition) is 0. The summed E-state index contributed by atoms with van der Waals surface area (Å²) in [6, 6.07) is 6.91. The SMILES string of the molecule is C[C@@H](OC1CN2C(=O)CC(C3CCOCC3)CC2[C@@H]1c1ccc(F)cc1)c1cc(C(F)(F)F)cc(C(F)(F)F)c1. The van der Waals surface area contributed by atoms with Gasteiger partial charge in [0.25, 0.3) is 0 Å². The first kappa shape index (κ1) is 28.9. The Bertz CT molecular complexity index is 1180. The second-order valence-corrected chi connectivity index (χ2v) is 11.0. The third-order valence-electron chi connectivity index (χ3n) is 8.54. The highest BCUT2D eigenvalue weighted by molar-refractivity contribution is 5.78. The van der Waals surface area contributed by atoms with Crippen molar-refractivity contribution >= 4 is 5.91 Å². The number of piperidine rings is 1. The number of ether oxygens (including phenoxy) is 2. The van der Waals surface area contributed by atoms with E-state index in [9.17, 15) is 35.5 Å². The second-order valence-electron chi connectivity index (χ2n) is 11.0. The van der Waals surface area contributed by atoms with Crippen molar-refractivity contribution in [2.45, 2.75) is 69.1 Å². The average Bonchev–Trinajstić information content (AvgIpc) is 3.26. The second kappa shape index (κ2) is 11.0. The van der Waals surface area contributed by atoms with Gasteiger partial charge in [-0.3, -0.25) is 4.79 Å². The zero-order valence-corrected chi connectivity index (χ0v) is 21.8. The molecule has 3 unspecified atom stereocenters. The van der Waals surface area contributed by atoms with Gasteiger partial charge in [-0.2, -0.15) is 26.3 Å². The van der Waals surface area contributed by atoms with Crippen molar-refractivity contribution < 1.29 is 45.0 Å². The fraction of sp³-hybridized carbons (Fsp3) is 0.552. The molecule has 1 amide bonds. The highest BCUT2D eigenvalue weighted by Crippen LogP contribution is 2.47. The van der Waals surface area contributed by atoms with Crippen LogP contribution in [0.3, 0.4) is 0 Å². The van der Waals surface area contributed by atoms with Gasteiger partial charge in [-0.05, 0) is 79.5 Å². The van der Waals surface area contributed by atoms with Crippen LogP contribution in [0.15, 0.2) is 42.5 Å². The Balaban J connectivity index is 1.46. The maximum absolute atomic E-state index is 13.8. The van der Waals surface area contributed by atoms with E-state index in [1.165, 1.54) is 19.1 Å². The number of nitrogens with zero attached hydrogens (tertiary/aromatic N) is 1. The lowest BCUT2D eigenvalue weighted by Gasteiger charge is -2.41. The molecule has 3 heterocycles. The molecule has 3 fully saturated rings. The molecule has 0 spiro atoms. The molecule has 3 aliphatic rings. The summed E-state index contributed by atoms with van der Waals surface area (Å²) in [4.78, 5) is 15.0. The zero-order valence-electron chi connectivity index (χ0n) is 21.8. The smallest absolute Gasteiger partial charge is 0.381 e. The highest BCUT2D eigenvalue weighted by atomic mass is 19.4. The minimum atomic E-state index is -4.98. The molecule has 0 aromatic heterocycles. The Kier molecular flexibility index (Phi) is 7.91. The Morgan fingerprint density at radius 1 is 0.925 bits per heavy atom. The summed E-state index contributed by atoms with van der Waals surface area (Å²) in [6.07, 6.45) is -9.08. The fourth-order valence-corrected chi connectivity index (χ4v) is 6.53. The molecule has 40 heavy (non-hydrogen) atoms. The van der Waals surface area contributed by atoms with Gasteiger partial charge >= 0.3 is 12.4 Å². The third-order valence-corrected chi connectivity index (χ3v) is 8.54. The molecule has 5 atom stereocenters. The third kappa shape index (κ3) is 6.00. The molecule has 0 saturated carbocycles. The molecule has 3 saturated heterocycles. The van der Waals surface area contributed by atoms with Crippen molar-refractivity contribution in [2.24, 2.45) is 11.8 Å². The summed E-state index contributed by atoms with van der Waals surface area (Å²) in [6.45, 7) is 2.80. The maximum atomic E-state index is 13.8. The van der Waals surface area contributed by atoms with Crippen LogP contribution >= 0.6 is 0 Å². The summed E-state index contributed by atoms with van der Waals surface area (Å²) in [5.41, 5.74) is -2.40. The van der Waals surface area contributed by atoms with Gasteiger partial charge in [0.2, 0.25) is 5.91 Å². The largest absolute Gasteiger partial charge is 0.416 e. The Morgan fingerprint density at radius 2 is 1.52 bits per heavy atom. The van der Waals surface area contributed by atoms with Crippen LogP contribution in [-0.2, 0) is 26.6 Å². The number of fused-ring (bicyclic) bond motifs is 1. The van der Waals surface area contributed by atoms with Gasteiger partial charge in [0.15, 0.2) is 0 Å². The van der Waals surface area contributed by atoms with Gasteiger partial charge in [-0.25, -0.2) is 4.39 Å². The normalized spacial score (nSPS) is 27.1. The van der Waals surface area contributed by atoms with E-state index in [1.807, 2.05) is 0 Å². The van der Waals surface area contributed by atoms with Gasteiger partial charge in [0.1, 0.15) is 5.82 Å². The van der Waals surface area contributed by atoms with Crippen LogP contribution in [0.25, 0.3) is 0 Å². The Morgan fingerprint density at radius 3 is 2.10 bits per heavy atom. The number of alkyl halides is 6. The molecule has 0 aliphatic carbocycles. The summed E-state index contributed by atoms with van der Waals surface area (Å²) in [5.74, 6) is -0.500. The first-order valence-corrected chi connectivity index (χ1v) is 13.4. The number of carbonyl (C=O) groups is 1. The van der Waals surface area contributed by atoms with Gasteiger partial charge in [0.05, 0.1) is 23.3 Å². The first-order valence-electron chi connectivity index (χ1n) is 13.4. The molecular weight excluding hydrogens is 543 g/mol. The molecular formula is C29H30F7NO3. The topological polar surface area (TPSA) is 38.8 Å². The van der Waals surface area contributed by atoms with Gasteiger partial charge < -0.3 is 14.4 Å². The van der Waals surface area contributed by atoms with Crippen molar-refractivity contribution in [2.75, 3.05) is 19.8 Å². The molecule has 4 nitrogen and oxygen atoms in total. The van der Waals surface area contributed by atoms with Gasteiger partial charge in [0, 0.05) is 38.1 Å². The Hall–Kier alpha value is -2.66. The van der Waals surface area contributed by atoms with Gasteiger partial charge in [-0.15, -0.1) is 0 Å². The highest BCUT2D eigenvalue weighted by Gasteiger charge is 2.50. The number of halogens is 7. The maximum Gasteiger partial charge on any atom is 0.416 e. The summed E-state index contributed by atoms with van der Waals surface area (Å²) in [7, 11) is 0. The van der Waals surface area contributed by atoms with E-state index in [1.54, 1.807) is 17.0 Å².